The van der Waals surface area contributed by atoms with Crippen LogP contribution in [0.1, 0.15) is 5.56 Å². The van der Waals surface area contributed by atoms with E-state index in [0.29, 0.717) is 6.54 Å². The number of nitrogen functional groups attached to an aromatic ring is 1. The van der Waals surface area contributed by atoms with E-state index in [1.165, 1.54) is 0 Å². The molecule has 3 N–H and O–H groups in total. The summed E-state index contributed by atoms with van der Waals surface area (Å²) in [5, 5.41) is 2.59. The maximum atomic E-state index is 11.1. The van der Waals surface area contributed by atoms with Crippen molar-refractivity contribution in [2.45, 2.75) is 6.54 Å². The summed E-state index contributed by atoms with van der Waals surface area (Å²) in [7, 11) is 3.54. The summed E-state index contributed by atoms with van der Waals surface area (Å²) in [6.45, 7) is 1.11. The summed E-state index contributed by atoms with van der Waals surface area (Å²) in [6, 6.07) is 7.68. The minimum atomic E-state index is 0.0152. The normalized spacial score (nSPS) is 10.3. The van der Waals surface area contributed by atoms with Crippen LogP contribution in [0.25, 0.3) is 0 Å². The summed E-state index contributed by atoms with van der Waals surface area (Å²) in [5.74, 6) is 0.0152. The molecule has 0 aliphatic carbocycles. The smallest absolute Gasteiger partial charge is 0.233 e. The van der Waals surface area contributed by atoms with Gasteiger partial charge in [0, 0.05) is 19.3 Å². The lowest BCUT2D eigenvalue weighted by atomic mass is 10.2. The maximum absolute atomic E-state index is 11.1. The number of likely N-dealkylation sites (N-methyl/N-ethyl adjacent to an activating group) is 2. The van der Waals surface area contributed by atoms with E-state index in [9.17, 15) is 4.79 Å². The third kappa shape index (κ3) is 3.99. The van der Waals surface area contributed by atoms with Crippen LogP contribution in [0.15, 0.2) is 24.3 Å². The molecule has 1 rings (SSSR count). The lowest BCUT2D eigenvalue weighted by Crippen LogP contribution is -2.32. The molecule has 0 unspecified atom stereocenters. The Balaban J connectivity index is 2.51. The molecule has 0 aliphatic rings. The molecular formula is C11H17N3O. The topological polar surface area (TPSA) is 58.4 Å². The van der Waals surface area contributed by atoms with Crippen molar-refractivity contribution in [3.8, 4) is 0 Å². The first-order valence-electron chi connectivity index (χ1n) is 4.85. The fourth-order valence-electron chi connectivity index (χ4n) is 1.38. The van der Waals surface area contributed by atoms with Crippen LogP contribution in [-0.4, -0.2) is 31.4 Å². The van der Waals surface area contributed by atoms with Gasteiger partial charge in [0.05, 0.1) is 6.54 Å². The molecule has 0 bridgehead atoms. The molecule has 15 heavy (non-hydrogen) atoms. The molecule has 0 aliphatic heterocycles. The monoisotopic (exact) mass is 207 g/mol. The summed E-state index contributed by atoms with van der Waals surface area (Å²) in [5.41, 5.74) is 7.53. The van der Waals surface area contributed by atoms with Crippen molar-refractivity contribution in [2.75, 3.05) is 26.4 Å². The van der Waals surface area contributed by atoms with Gasteiger partial charge >= 0.3 is 0 Å². The van der Waals surface area contributed by atoms with Gasteiger partial charge in [0.15, 0.2) is 0 Å². The van der Waals surface area contributed by atoms with Crippen LogP contribution in [-0.2, 0) is 11.3 Å². The van der Waals surface area contributed by atoms with E-state index in [1.807, 2.05) is 36.2 Å². The number of nitrogens with two attached hydrogens (primary N) is 1. The Morgan fingerprint density at radius 2 is 2.27 bits per heavy atom. The molecule has 1 aromatic rings. The van der Waals surface area contributed by atoms with Gasteiger partial charge in [-0.25, -0.2) is 0 Å². The summed E-state index contributed by atoms with van der Waals surface area (Å²) >= 11 is 0. The van der Waals surface area contributed by atoms with Gasteiger partial charge in [-0.05, 0) is 24.7 Å². The van der Waals surface area contributed by atoms with Gasteiger partial charge in [0.1, 0.15) is 0 Å². The molecule has 4 heteroatoms. The molecule has 0 saturated carbocycles. The van der Waals surface area contributed by atoms with Gasteiger partial charge < -0.3 is 11.1 Å². The Morgan fingerprint density at radius 1 is 1.53 bits per heavy atom. The summed E-state index contributed by atoms with van der Waals surface area (Å²) in [4.78, 5) is 13.0. The first-order chi connectivity index (χ1) is 7.11. The number of nitrogens with zero attached hydrogens (tertiary/aromatic N) is 1. The van der Waals surface area contributed by atoms with Gasteiger partial charge in [0.2, 0.25) is 5.91 Å². The minimum absolute atomic E-state index is 0.0152. The highest BCUT2D eigenvalue weighted by Gasteiger charge is 2.04. The Morgan fingerprint density at radius 3 is 2.87 bits per heavy atom. The third-order valence-electron chi connectivity index (χ3n) is 2.10. The van der Waals surface area contributed by atoms with E-state index in [0.717, 1.165) is 17.8 Å². The molecule has 0 heterocycles. The number of anilines is 1. The Hall–Kier alpha value is -1.55. The SMILES string of the molecule is CNC(=O)CN(C)Cc1cccc(N)c1. The van der Waals surface area contributed by atoms with Crippen molar-refractivity contribution in [1.82, 2.24) is 10.2 Å². The van der Waals surface area contributed by atoms with Crippen LogP contribution >= 0.6 is 0 Å². The summed E-state index contributed by atoms with van der Waals surface area (Å²) < 4.78 is 0. The number of carbonyl (C=O) groups is 1. The van der Waals surface area contributed by atoms with Crippen LogP contribution in [0, 0.1) is 0 Å². The zero-order valence-corrected chi connectivity index (χ0v) is 9.16. The Kier molecular flexibility index (Phi) is 4.12. The molecule has 0 fully saturated rings. The quantitative estimate of drug-likeness (QED) is 0.705. The molecule has 1 aromatic carbocycles. The largest absolute Gasteiger partial charge is 0.399 e. The van der Waals surface area contributed by atoms with Gasteiger partial charge in [-0.15, -0.1) is 0 Å². The van der Waals surface area contributed by atoms with Crippen molar-refractivity contribution < 1.29 is 4.79 Å². The molecule has 0 spiro atoms. The molecule has 0 saturated heterocycles. The van der Waals surface area contributed by atoms with E-state index in [1.54, 1.807) is 7.05 Å². The average molecular weight is 207 g/mol. The maximum Gasteiger partial charge on any atom is 0.233 e. The molecular weight excluding hydrogens is 190 g/mol. The molecule has 1 amide bonds. The first-order valence-corrected chi connectivity index (χ1v) is 4.85. The van der Waals surface area contributed by atoms with Gasteiger partial charge in [0.25, 0.3) is 0 Å². The van der Waals surface area contributed by atoms with E-state index >= 15 is 0 Å². The lowest BCUT2D eigenvalue weighted by Gasteiger charge is -2.15. The molecule has 82 valence electrons. The predicted octanol–water partition coefficient (Wildman–Crippen LogP) is 0.447. The highest BCUT2D eigenvalue weighted by molar-refractivity contribution is 5.77. The predicted molar refractivity (Wildman–Crippen MR) is 61.3 cm³/mol. The number of hydrogen-bond donors (Lipinski definition) is 2. The van der Waals surface area contributed by atoms with Crippen molar-refractivity contribution in [3.05, 3.63) is 29.8 Å². The van der Waals surface area contributed by atoms with Crippen molar-refractivity contribution in [2.24, 2.45) is 0 Å². The molecule has 0 radical (unpaired) electrons. The van der Waals surface area contributed by atoms with Crippen LogP contribution in [0.2, 0.25) is 0 Å². The van der Waals surface area contributed by atoms with Gasteiger partial charge in [-0.2, -0.15) is 0 Å². The Labute approximate surface area is 90.1 Å². The van der Waals surface area contributed by atoms with Crippen LogP contribution < -0.4 is 11.1 Å². The highest BCUT2D eigenvalue weighted by Crippen LogP contribution is 2.08. The van der Waals surface area contributed by atoms with Crippen molar-refractivity contribution in [3.63, 3.8) is 0 Å². The summed E-state index contributed by atoms with van der Waals surface area (Å²) in [6.07, 6.45) is 0. The number of rotatable bonds is 4. The second-order valence-electron chi connectivity index (χ2n) is 3.59. The van der Waals surface area contributed by atoms with Crippen LogP contribution in [0.5, 0.6) is 0 Å². The fourth-order valence-corrected chi connectivity index (χ4v) is 1.38. The van der Waals surface area contributed by atoms with E-state index in [2.05, 4.69) is 5.32 Å². The Bertz CT molecular complexity index is 338. The van der Waals surface area contributed by atoms with Crippen LogP contribution in [0.4, 0.5) is 5.69 Å². The molecule has 0 atom stereocenters. The van der Waals surface area contributed by atoms with Gasteiger partial charge in [-0.3, -0.25) is 9.69 Å². The lowest BCUT2D eigenvalue weighted by molar-refractivity contribution is -0.121. The van der Waals surface area contributed by atoms with Crippen LogP contribution in [0.3, 0.4) is 0 Å². The second kappa shape index (κ2) is 5.36. The zero-order chi connectivity index (χ0) is 11.3. The van der Waals surface area contributed by atoms with Crippen molar-refractivity contribution >= 4 is 11.6 Å². The second-order valence-corrected chi connectivity index (χ2v) is 3.59. The average Bonchev–Trinajstić information content (AvgIpc) is 2.17. The number of amides is 1. The number of carbonyl (C=O) groups excluding carboxylic acids is 1. The molecule has 0 aromatic heterocycles. The van der Waals surface area contributed by atoms with E-state index in [4.69, 9.17) is 5.73 Å². The first kappa shape index (κ1) is 11.5. The standard InChI is InChI=1S/C11H17N3O/c1-13-11(15)8-14(2)7-9-4-3-5-10(12)6-9/h3-6H,7-8,12H2,1-2H3,(H,13,15). The van der Waals surface area contributed by atoms with E-state index < -0.39 is 0 Å². The zero-order valence-electron chi connectivity index (χ0n) is 9.16. The minimum Gasteiger partial charge on any atom is -0.399 e. The third-order valence-corrected chi connectivity index (χ3v) is 2.10. The van der Waals surface area contributed by atoms with Crippen molar-refractivity contribution in [1.29, 1.82) is 0 Å². The number of nitrogens with one attached hydrogen (secondary N) is 1. The van der Waals surface area contributed by atoms with Gasteiger partial charge in [-0.1, -0.05) is 12.1 Å². The number of hydrogen-bond acceptors (Lipinski definition) is 3. The fraction of sp³-hybridized carbons (Fsp3) is 0.364. The number of benzene rings is 1. The highest BCUT2D eigenvalue weighted by atomic mass is 16.1. The molecule has 4 nitrogen and oxygen atoms in total. The van der Waals surface area contributed by atoms with E-state index in [-0.39, 0.29) is 5.91 Å².